The van der Waals surface area contributed by atoms with Crippen molar-refractivity contribution in [1.82, 2.24) is 5.32 Å². The van der Waals surface area contributed by atoms with Crippen molar-refractivity contribution in [2.24, 2.45) is 11.8 Å². The van der Waals surface area contributed by atoms with Crippen molar-refractivity contribution >= 4 is 5.97 Å². The molecule has 0 amide bonds. The molecule has 98 valence electrons. The second-order valence-corrected chi connectivity index (χ2v) is 6.15. The molecule has 17 heavy (non-hydrogen) atoms. The number of hydrogen-bond acceptors (Lipinski definition) is 3. The van der Waals surface area contributed by atoms with Crippen LogP contribution in [0.3, 0.4) is 0 Å². The van der Waals surface area contributed by atoms with E-state index >= 15 is 0 Å². The summed E-state index contributed by atoms with van der Waals surface area (Å²) in [5.41, 5.74) is 0. The van der Waals surface area contributed by atoms with Crippen LogP contribution in [0.25, 0.3) is 0 Å². The molecule has 0 unspecified atom stereocenters. The Balaban J connectivity index is 1.75. The Bertz CT molecular complexity index is 265. The lowest BCUT2D eigenvalue weighted by Crippen LogP contribution is -2.42. The van der Waals surface area contributed by atoms with Gasteiger partial charge in [0, 0.05) is 18.5 Å². The zero-order valence-corrected chi connectivity index (χ0v) is 11.2. The number of nitrogens with one attached hydrogen (secondary N) is 1. The molecule has 2 fully saturated rings. The highest BCUT2D eigenvalue weighted by Crippen LogP contribution is 2.29. The van der Waals surface area contributed by atoms with E-state index in [4.69, 9.17) is 4.74 Å². The fourth-order valence-corrected chi connectivity index (χ4v) is 2.83. The monoisotopic (exact) mass is 239 g/mol. The summed E-state index contributed by atoms with van der Waals surface area (Å²) in [5.74, 6) is 0.963. The van der Waals surface area contributed by atoms with Crippen LogP contribution in [0.1, 0.15) is 52.9 Å². The molecule has 0 saturated carbocycles. The van der Waals surface area contributed by atoms with Gasteiger partial charge in [0.2, 0.25) is 0 Å². The fourth-order valence-electron chi connectivity index (χ4n) is 2.83. The van der Waals surface area contributed by atoms with Gasteiger partial charge in [0.05, 0.1) is 0 Å². The van der Waals surface area contributed by atoms with Crippen molar-refractivity contribution in [3.8, 4) is 0 Å². The molecular weight excluding hydrogens is 214 g/mol. The van der Waals surface area contributed by atoms with Gasteiger partial charge in [0.25, 0.3) is 0 Å². The van der Waals surface area contributed by atoms with Gasteiger partial charge in [-0.1, -0.05) is 20.8 Å². The minimum atomic E-state index is -0.00231. The minimum Gasteiger partial charge on any atom is -0.462 e. The second-order valence-electron chi connectivity index (χ2n) is 6.15. The Morgan fingerprint density at radius 2 is 1.82 bits per heavy atom. The van der Waals surface area contributed by atoms with E-state index in [1.807, 2.05) is 0 Å². The molecule has 2 aliphatic heterocycles. The van der Waals surface area contributed by atoms with E-state index in [2.05, 4.69) is 26.1 Å². The first-order chi connectivity index (χ1) is 8.04. The predicted octanol–water partition coefficient (Wildman–Crippen LogP) is 2.49. The summed E-state index contributed by atoms with van der Waals surface area (Å²) < 4.78 is 5.61. The Hall–Kier alpha value is -0.570. The van der Waals surface area contributed by atoms with Crippen LogP contribution < -0.4 is 5.32 Å². The largest absolute Gasteiger partial charge is 0.462 e. The van der Waals surface area contributed by atoms with Gasteiger partial charge >= 0.3 is 5.97 Å². The van der Waals surface area contributed by atoms with E-state index in [-0.39, 0.29) is 12.1 Å². The molecule has 0 aromatic heterocycles. The zero-order valence-electron chi connectivity index (χ0n) is 11.2. The van der Waals surface area contributed by atoms with Gasteiger partial charge in [-0.15, -0.1) is 0 Å². The second kappa shape index (κ2) is 5.38. The van der Waals surface area contributed by atoms with Crippen molar-refractivity contribution in [3.05, 3.63) is 0 Å². The average Bonchev–Trinajstić information content (AvgIpc) is 2.57. The molecule has 3 nitrogen and oxygen atoms in total. The van der Waals surface area contributed by atoms with E-state index in [9.17, 15) is 4.79 Å². The predicted molar refractivity (Wildman–Crippen MR) is 67.7 cm³/mol. The number of ether oxygens (including phenoxy) is 1. The van der Waals surface area contributed by atoms with Gasteiger partial charge in [0.1, 0.15) is 6.10 Å². The van der Waals surface area contributed by atoms with E-state index in [0.29, 0.717) is 30.3 Å². The summed E-state index contributed by atoms with van der Waals surface area (Å²) in [5, 5.41) is 3.56. The van der Waals surface area contributed by atoms with E-state index in [1.165, 1.54) is 12.8 Å². The number of piperidine rings is 1. The number of carbonyl (C=O) groups is 1. The van der Waals surface area contributed by atoms with Crippen LogP contribution in [0.15, 0.2) is 0 Å². The van der Waals surface area contributed by atoms with Gasteiger partial charge in [-0.25, -0.2) is 0 Å². The van der Waals surface area contributed by atoms with Crippen molar-refractivity contribution in [3.63, 3.8) is 0 Å². The highest BCUT2D eigenvalue weighted by molar-refractivity contribution is 5.69. The van der Waals surface area contributed by atoms with Crippen LogP contribution in [-0.4, -0.2) is 24.2 Å². The highest BCUT2D eigenvalue weighted by Gasteiger charge is 2.35. The molecule has 3 heteroatoms. The molecule has 0 aliphatic carbocycles. The Morgan fingerprint density at radius 3 is 2.35 bits per heavy atom. The third-order valence-electron chi connectivity index (χ3n) is 4.35. The third kappa shape index (κ3) is 3.44. The summed E-state index contributed by atoms with van der Waals surface area (Å²) in [6.07, 6.45) is 5.26. The number of fused-ring (bicyclic) bond motifs is 2. The molecule has 2 rings (SSSR count). The zero-order chi connectivity index (χ0) is 12.4. The molecule has 0 aromatic rings. The van der Waals surface area contributed by atoms with Gasteiger partial charge in [-0.2, -0.15) is 0 Å². The van der Waals surface area contributed by atoms with Crippen molar-refractivity contribution in [2.75, 3.05) is 0 Å². The first-order valence-corrected chi connectivity index (χ1v) is 7.00. The summed E-state index contributed by atoms with van der Waals surface area (Å²) in [7, 11) is 0. The van der Waals surface area contributed by atoms with Crippen LogP contribution in [0, 0.1) is 11.8 Å². The summed E-state index contributed by atoms with van der Waals surface area (Å²) in [6.45, 7) is 6.43. The lowest BCUT2D eigenvalue weighted by molar-refractivity contribution is -0.152. The smallest absolute Gasteiger partial charge is 0.306 e. The van der Waals surface area contributed by atoms with Crippen LogP contribution in [0.4, 0.5) is 0 Å². The molecule has 2 heterocycles. The van der Waals surface area contributed by atoms with E-state index in [0.717, 1.165) is 12.8 Å². The lowest BCUT2D eigenvalue weighted by atomic mass is 9.95. The first-order valence-electron chi connectivity index (χ1n) is 7.00. The van der Waals surface area contributed by atoms with Crippen LogP contribution in [0.2, 0.25) is 0 Å². The van der Waals surface area contributed by atoms with Crippen LogP contribution in [-0.2, 0) is 9.53 Å². The summed E-state index contributed by atoms with van der Waals surface area (Å²) in [6, 6.07) is 1.18. The summed E-state index contributed by atoms with van der Waals surface area (Å²) in [4.78, 5) is 11.8. The molecule has 2 bridgehead atoms. The van der Waals surface area contributed by atoms with Gasteiger partial charge in [0.15, 0.2) is 0 Å². The fraction of sp³-hybridized carbons (Fsp3) is 0.929. The van der Waals surface area contributed by atoms with Crippen molar-refractivity contribution < 1.29 is 9.53 Å². The molecule has 2 saturated heterocycles. The maximum atomic E-state index is 11.8. The minimum absolute atomic E-state index is 0.00231. The van der Waals surface area contributed by atoms with Crippen molar-refractivity contribution in [1.29, 1.82) is 0 Å². The number of esters is 1. The number of hydrogen-bond donors (Lipinski definition) is 1. The van der Waals surface area contributed by atoms with Crippen LogP contribution >= 0.6 is 0 Å². The SMILES string of the molecule is CC(C)[C@H](C)CC(=O)O[C@H]1C[C@H]2CC[C@@H](C1)N2. The molecule has 1 N–H and O–H groups in total. The van der Waals surface area contributed by atoms with E-state index in [1.54, 1.807) is 0 Å². The van der Waals surface area contributed by atoms with Crippen LogP contribution in [0.5, 0.6) is 0 Å². The van der Waals surface area contributed by atoms with Gasteiger partial charge in [-0.3, -0.25) is 4.79 Å². The quantitative estimate of drug-likeness (QED) is 0.766. The standard InChI is InChI=1S/C14H25NO2/c1-9(2)10(3)6-14(16)17-13-7-11-4-5-12(8-13)15-11/h9-13,15H,4-8H2,1-3H3/t10-,11-,12+,13+/m1/s1. The first kappa shape index (κ1) is 12.9. The molecule has 4 atom stereocenters. The number of rotatable bonds is 4. The highest BCUT2D eigenvalue weighted by atomic mass is 16.5. The number of carbonyl (C=O) groups excluding carboxylic acids is 1. The average molecular weight is 239 g/mol. The topological polar surface area (TPSA) is 38.3 Å². The van der Waals surface area contributed by atoms with E-state index < -0.39 is 0 Å². The molecule has 0 radical (unpaired) electrons. The molecular formula is C14H25NO2. The maximum Gasteiger partial charge on any atom is 0.306 e. The Kier molecular flexibility index (Phi) is 4.08. The third-order valence-corrected chi connectivity index (χ3v) is 4.35. The van der Waals surface area contributed by atoms with Crippen molar-refractivity contribution in [2.45, 2.75) is 71.1 Å². The normalized spacial score (nSPS) is 33.8. The molecule has 0 aromatic carbocycles. The Labute approximate surface area is 104 Å². The summed E-state index contributed by atoms with van der Waals surface area (Å²) >= 11 is 0. The van der Waals surface area contributed by atoms with Gasteiger partial charge < -0.3 is 10.1 Å². The molecule has 2 aliphatic rings. The lowest BCUT2D eigenvalue weighted by Gasteiger charge is -2.29. The maximum absolute atomic E-state index is 11.8. The van der Waals surface area contributed by atoms with Gasteiger partial charge in [-0.05, 0) is 37.5 Å². The Morgan fingerprint density at radius 1 is 1.24 bits per heavy atom. The molecule has 0 spiro atoms.